The number of carbonyl (C=O) groups excluding carboxylic acids is 5. The van der Waals surface area contributed by atoms with Gasteiger partial charge in [0.15, 0.2) is 11.9 Å². The number of aldehydes is 1. The van der Waals surface area contributed by atoms with E-state index in [4.69, 9.17) is 30.5 Å². The summed E-state index contributed by atoms with van der Waals surface area (Å²) in [5, 5.41) is 3.20. The van der Waals surface area contributed by atoms with Crippen LogP contribution in [0.4, 0.5) is 0 Å². The van der Waals surface area contributed by atoms with E-state index in [0.717, 1.165) is 23.0 Å². The molecule has 2 aromatic rings. The van der Waals surface area contributed by atoms with Gasteiger partial charge in [-0.1, -0.05) is 68.8 Å². The molecule has 1 amide bonds. The Labute approximate surface area is 299 Å². The molecule has 6 atom stereocenters. The molecule has 2 aliphatic rings. The lowest BCUT2D eigenvalue weighted by atomic mass is 9.85. The molecule has 1 fully saturated rings. The highest BCUT2D eigenvalue weighted by molar-refractivity contribution is 6.32. The number of ether oxygens (including phenoxy) is 4. The van der Waals surface area contributed by atoms with Gasteiger partial charge in [0.05, 0.1) is 29.7 Å². The average molecular weight is 710 g/mol. The van der Waals surface area contributed by atoms with E-state index in [1.54, 1.807) is 38.1 Å². The lowest BCUT2D eigenvalue weighted by molar-refractivity contribution is -0.179. The van der Waals surface area contributed by atoms with E-state index in [1.165, 1.54) is 13.2 Å². The first-order chi connectivity index (χ1) is 23.7. The van der Waals surface area contributed by atoms with Gasteiger partial charge in [-0.15, -0.1) is 0 Å². The van der Waals surface area contributed by atoms with Crippen molar-refractivity contribution >= 4 is 41.5 Å². The highest BCUT2D eigenvalue weighted by atomic mass is 35.5. The summed E-state index contributed by atoms with van der Waals surface area (Å²) >= 11 is 6.34. The standard InChI is InChI=1S/C39H48ClNO9/c1-23(2)20-33-37(45)48-31(24(3)35-36(50-35)27-13-10-25(11-14-27)17-19-42)8-7-9-34(44)41-29(22-26-12-15-32(47-6)28(40)21-26)30(43)16-18-39(4,5)38(46)49-33/h7,9-15,19,21,23-24,29,31,33,35-36H,8,16-18,20,22H2,1-6H3,(H,41,44)/b9-7+/t24-,29+,31-,33-,35+,36+/m0/s1. The molecule has 0 aliphatic carbocycles. The van der Waals surface area contributed by atoms with Crippen molar-refractivity contribution in [3.05, 3.63) is 76.3 Å². The van der Waals surface area contributed by atoms with E-state index < -0.39 is 41.5 Å². The normalized spacial score (nSPS) is 26.0. The summed E-state index contributed by atoms with van der Waals surface area (Å²) in [5.41, 5.74) is 1.45. The Hall–Kier alpha value is -4.02. The van der Waals surface area contributed by atoms with E-state index in [1.807, 2.05) is 45.0 Å². The molecule has 0 saturated carbocycles. The third-order valence-corrected chi connectivity index (χ3v) is 9.57. The fourth-order valence-corrected chi connectivity index (χ4v) is 6.29. The van der Waals surface area contributed by atoms with Gasteiger partial charge in [0.25, 0.3) is 0 Å². The Morgan fingerprint density at radius 2 is 1.72 bits per heavy atom. The minimum atomic E-state index is -1.15. The van der Waals surface area contributed by atoms with Crippen LogP contribution in [0.1, 0.15) is 83.1 Å². The molecule has 1 saturated heterocycles. The van der Waals surface area contributed by atoms with Crippen molar-refractivity contribution < 1.29 is 42.9 Å². The quantitative estimate of drug-likeness (QED) is 0.176. The number of cyclic esters (lactones) is 2. The first-order valence-electron chi connectivity index (χ1n) is 17.1. The van der Waals surface area contributed by atoms with Crippen LogP contribution in [0, 0.1) is 17.3 Å². The zero-order chi connectivity index (χ0) is 36.6. The molecule has 50 heavy (non-hydrogen) atoms. The van der Waals surface area contributed by atoms with Gasteiger partial charge in [-0.2, -0.15) is 0 Å². The van der Waals surface area contributed by atoms with Crippen LogP contribution in [0.3, 0.4) is 0 Å². The molecule has 10 nitrogen and oxygen atoms in total. The minimum absolute atomic E-state index is 0.0120. The molecule has 0 radical (unpaired) electrons. The second-order valence-electron chi connectivity index (χ2n) is 14.2. The first-order valence-corrected chi connectivity index (χ1v) is 17.5. The number of rotatable bonds is 10. The van der Waals surface area contributed by atoms with E-state index in [2.05, 4.69) is 5.32 Å². The molecule has 0 bridgehead atoms. The molecular formula is C39H48ClNO9. The lowest BCUT2D eigenvalue weighted by Crippen LogP contribution is -2.43. The molecule has 1 N–H and O–H groups in total. The van der Waals surface area contributed by atoms with Gasteiger partial charge in [-0.3, -0.25) is 14.4 Å². The third-order valence-electron chi connectivity index (χ3n) is 9.27. The molecule has 2 aliphatic heterocycles. The van der Waals surface area contributed by atoms with Gasteiger partial charge in [-0.25, -0.2) is 4.79 Å². The topological polar surface area (TPSA) is 138 Å². The van der Waals surface area contributed by atoms with Gasteiger partial charge in [0.2, 0.25) is 5.91 Å². The Balaban J connectivity index is 1.60. The number of halogens is 1. The van der Waals surface area contributed by atoms with Crippen molar-refractivity contribution in [1.29, 1.82) is 0 Å². The summed E-state index contributed by atoms with van der Waals surface area (Å²) in [6, 6.07) is 11.9. The number of carbonyl (C=O) groups is 5. The first kappa shape index (κ1) is 38.8. The molecule has 0 spiro atoms. The van der Waals surface area contributed by atoms with Crippen LogP contribution in [0.5, 0.6) is 5.75 Å². The average Bonchev–Trinajstić information content (AvgIpc) is 3.87. The maximum Gasteiger partial charge on any atom is 0.347 e. The zero-order valence-electron chi connectivity index (χ0n) is 29.6. The molecular weight excluding hydrogens is 662 g/mol. The number of hydrogen-bond acceptors (Lipinski definition) is 9. The van der Waals surface area contributed by atoms with Gasteiger partial charge in [0.1, 0.15) is 24.2 Å². The van der Waals surface area contributed by atoms with Crippen LogP contribution in [0.2, 0.25) is 5.02 Å². The highest BCUT2D eigenvalue weighted by Crippen LogP contribution is 2.45. The number of ketones is 1. The number of esters is 2. The van der Waals surface area contributed by atoms with Crippen LogP contribution >= 0.6 is 11.6 Å². The summed E-state index contributed by atoms with van der Waals surface area (Å²) in [6.45, 7) is 9.10. The Kier molecular flexibility index (Phi) is 13.4. The summed E-state index contributed by atoms with van der Waals surface area (Å²) in [5.74, 6) is -1.83. The number of epoxide rings is 1. The van der Waals surface area contributed by atoms with Gasteiger partial charge in [0, 0.05) is 25.2 Å². The van der Waals surface area contributed by atoms with Crippen molar-refractivity contribution in [2.45, 2.75) is 104 Å². The number of benzene rings is 2. The Bertz CT molecular complexity index is 1570. The van der Waals surface area contributed by atoms with E-state index in [9.17, 15) is 24.0 Å². The molecule has 4 rings (SSSR count). The number of methoxy groups -OCH3 is 1. The maximum absolute atomic E-state index is 13.7. The molecule has 2 aromatic carbocycles. The summed E-state index contributed by atoms with van der Waals surface area (Å²) in [7, 11) is 1.51. The van der Waals surface area contributed by atoms with E-state index >= 15 is 0 Å². The lowest BCUT2D eigenvalue weighted by Gasteiger charge is -2.29. The molecule has 2 heterocycles. The van der Waals surface area contributed by atoms with E-state index in [-0.39, 0.29) is 61.9 Å². The largest absolute Gasteiger partial charge is 0.495 e. The van der Waals surface area contributed by atoms with Crippen molar-refractivity contribution in [1.82, 2.24) is 5.32 Å². The van der Waals surface area contributed by atoms with Crippen molar-refractivity contribution in [2.75, 3.05) is 7.11 Å². The SMILES string of the molecule is COc1ccc(C[C@H]2NC(=O)/C=C/C[C@@H]([C@H](C)[C@H]3O[C@@H]3c3ccc(CC=O)cc3)OC(=O)[C@H](CC(C)C)OC(=O)C(C)(C)CCC2=O)cc1Cl. The van der Waals surface area contributed by atoms with Crippen molar-refractivity contribution in [3.8, 4) is 5.75 Å². The second kappa shape index (κ2) is 17.3. The van der Waals surface area contributed by atoms with E-state index in [0.29, 0.717) is 17.2 Å². The molecule has 270 valence electrons. The molecule has 11 heteroatoms. The maximum atomic E-state index is 13.7. The van der Waals surface area contributed by atoms with Crippen LogP contribution in [0.25, 0.3) is 0 Å². The van der Waals surface area contributed by atoms with Crippen LogP contribution in [-0.2, 0) is 51.0 Å². The monoisotopic (exact) mass is 709 g/mol. The van der Waals surface area contributed by atoms with Crippen molar-refractivity contribution in [3.63, 3.8) is 0 Å². The highest BCUT2D eigenvalue weighted by Gasteiger charge is 2.48. The van der Waals surface area contributed by atoms with Crippen LogP contribution < -0.4 is 10.1 Å². The number of Topliss-reactive ketones (excluding diaryl/α,β-unsaturated/α-hetero) is 1. The Morgan fingerprint density at radius 3 is 2.36 bits per heavy atom. The van der Waals surface area contributed by atoms with Crippen LogP contribution in [0.15, 0.2) is 54.6 Å². The number of hydrogen-bond donors (Lipinski definition) is 1. The smallest absolute Gasteiger partial charge is 0.347 e. The number of amides is 1. The Morgan fingerprint density at radius 1 is 1.02 bits per heavy atom. The number of nitrogens with one attached hydrogen (secondary N) is 1. The molecule has 0 unspecified atom stereocenters. The van der Waals surface area contributed by atoms with Gasteiger partial charge in [-0.05, 0) is 73.9 Å². The van der Waals surface area contributed by atoms with Crippen LogP contribution in [-0.4, -0.2) is 61.4 Å². The predicted molar refractivity (Wildman–Crippen MR) is 188 cm³/mol. The third kappa shape index (κ3) is 10.5. The molecule has 0 aromatic heterocycles. The van der Waals surface area contributed by atoms with Crippen molar-refractivity contribution in [2.24, 2.45) is 17.3 Å². The predicted octanol–water partition coefficient (Wildman–Crippen LogP) is 6.10. The summed E-state index contributed by atoms with van der Waals surface area (Å²) < 4.78 is 23.2. The zero-order valence-corrected chi connectivity index (χ0v) is 30.4. The fourth-order valence-electron chi connectivity index (χ4n) is 6.01. The fraction of sp³-hybridized carbons (Fsp3) is 0.513. The summed E-state index contributed by atoms with van der Waals surface area (Å²) in [6.07, 6.45) is 2.48. The van der Waals surface area contributed by atoms with Gasteiger partial charge >= 0.3 is 11.9 Å². The minimum Gasteiger partial charge on any atom is -0.495 e. The second-order valence-corrected chi connectivity index (χ2v) is 14.6. The summed E-state index contributed by atoms with van der Waals surface area (Å²) in [4.78, 5) is 64.9. The van der Waals surface area contributed by atoms with Gasteiger partial charge < -0.3 is 29.1 Å².